The Labute approximate surface area is 244 Å². The van der Waals surface area contributed by atoms with Crippen LogP contribution in [0.5, 0.6) is 0 Å². The lowest BCUT2D eigenvalue weighted by Gasteiger charge is -2.48. The minimum Gasteiger partial charge on any atom is -0.399 e. The second-order valence-electron chi connectivity index (χ2n) is 13.9. The van der Waals surface area contributed by atoms with Gasteiger partial charge in [-0.05, 0) is 96.4 Å². The third-order valence-electron chi connectivity index (χ3n) is 10.9. The van der Waals surface area contributed by atoms with Crippen molar-refractivity contribution >= 4 is 30.1 Å². The highest BCUT2D eigenvalue weighted by molar-refractivity contribution is 6.62. The van der Waals surface area contributed by atoms with Gasteiger partial charge in [-0.1, -0.05) is 25.1 Å². The Kier molecular flexibility index (Phi) is 7.39. The summed E-state index contributed by atoms with van der Waals surface area (Å²) in [4.78, 5) is 33.7. The van der Waals surface area contributed by atoms with E-state index in [0.717, 1.165) is 42.6 Å². The quantitative estimate of drug-likeness (QED) is 0.477. The number of anilines is 1. The van der Waals surface area contributed by atoms with E-state index in [1.54, 1.807) is 4.90 Å². The standard InChI is InChI=1S/C32H45BFN3O4/c1-22(34)9-12-28(38)36-17-13-32(14-18-36)26-11-10-23(33-40-30(2,3)31(4,5)41-33)19-27(26)37(29(32)39)25-20-24(21-25)35-15-7-6-8-16-35/h10-11,19,24-25H,1,6-9,12-18,20-21H2,2-5H3/t24-,25+. The van der Waals surface area contributed by atoms with Crippen molar-refractivity contribution in [2.75, 3.05) is 31.1 Å². The molecule has 4 fully saturated rings. The molecular weight excluding hydrogens is 520 g/mol. The highest BCUT2D eigenvalue weighted by Gasteiger charge is 2.57. The lowest BCUT2D eigenvalue weighted by molar-refractivity contribution is -0.135. The van der Waals surface area contributed by atoms with Gasteiger partial charge in [0.2, 0.25) is 11.8 Å². The molecule has 1 saturated carbocycles. The fourth-order valence-electron chi connectivity index (χ4n) is 7.47. The summed E-state index contributed by atoms with van der Waals surface area (Å²) in [5, 5.41) is 0. The molecule has 0 radical (unpaired) electrons. The minimum atomic E-state index is -0.638. The monoisotopic (exact) mass is 565 g/mol. The molecule has 5 aliphatic rings. The first-order chi connectivity index (χ1) is 19.4. The molecule has 6 rings (SSSR count). The average molecular weight is 566 g/mol. The zero-order valence-corrected chi connectivity index (χ0v) is 25.2. The van der Waals surface area contributed by atoms with Gasteiger partial charge in [0.05, 0.1) is 22.4 Å². The van der Waals surface area contributed by atoms with Gasteiger partial charge in [0.25, 0.3) is 0 Å². The fraction of sp³-hybridized carbons (Fsp3) is 0.688. The number of allylic oxidation sites excluding steroid dienone is 1. The van der Waals surface area contributed by atoms with Crippen molar-refractivity contribution in [2.45, 2.75) is 114 Å². The van der Waals surface area contributed by atoms with E-state index in [9.17, 15) is 14.0 Å². The van der Waals surface area contributed by atoms with Crippen LogP contribution in [0.1, 0.15) is 91.0 Å². The Hall–Kier alpha value is -2.23. The third kappa shape index (κ3) is 4.96. The number of likely N-dealkylation sites (tertiary alicyclic amines) is 2. The molecule has 0 unspecified atom stereocenters. The van der Waals surface area contributed by atoms with Gasteiger partial charge in [-0.2, -0.15) is 0 Å². The number of piperidine rings is 2. The number of benzene rings is 1. The molecule has 0 N–H and O–H groups in total. The van der Waals surface area contributed by atoms with E-state index >= 15 is 0 Å². The number of halogens is 1. The van der Waals surface area contributed by atoms with E-state index in [4.69, 9.17) is 9.31 Å². The molecule has 2 amide bonds. The highest BCUT2D eigenvalue weighted by Crippen LogP contribution is 2.51. The molecule has 9 heteroatoms. The van der Waals surface area contributed by atoms with Crippen molar-refractivity contribution in [3.63, 3.8) is 0 Å². The zero-order chi connectivity index (χ0) is 29.2. The maximum absolute atomic E-state index is 14.5. The molecule has 0 atom stereocenters. The van der Waals surface area contributed by atoms with Gasteiger partial charge < -0.3 is 24.0 Å². The number of hydrogen-bond donors (Lipinski definition) is 0. The van der Waals surface area contributed by atoms with E-state index in [0.29, 0.717) is 32.0 Å². The van der Waals surface area contributed by atoms with E-state index in [1.807, 2.05) is 0 Å². The van der Waals surface area contributed by atoms with Crippen LogP contribution in [-0.4, -0.2) is 78.2 Å². The van der Waals surface area contributed by atoms with Gasteiger partial charge in [-0.15, -0.1) is 0 Å². The topological polar surface area (TPSA) is 62.3 Å². The highest BCUT2D eigenvalue weighted by atomic mass is 19.1. The van der Waals surface area contributed by atoms with E-state index in [1.165, 1.54) is 19.3 Å². The van der Waals surface area contributed by atoms with Crippen molar-refractivity contribution in [1.29, 1.82) is 0 Å². The van der Waals surface area contributed by atoms with Crippen LogP contribution in [0.15, 0.2) is 30.6 Å². The summed E-state index contributed by atoms with van der Waals surface area (Å²) in [5.41, 5.74) is 1.45. The van der Waals surface area contributed by atoms with Gasteiger partial charge >= 0.3 is 7.12 Å². The fourth-order valence-corrected chi connectivity index (χ4v) is 7.47. The van der Waals surface area contributed by atoms with Crippen LogP contribution in [0.25, 0.3) is 0 Å². The molecule has 4 heterocycles. The van der Waals surface area contributed by atoms with Gasteiger partial charge in [-0.25, -0.2) is 4.39 Å². The third-order valence-corrected chi connectivity index (χ3v) is 10.9. The van der Waals surface area contributed by atoms with E-state index in [-0.39, 0.29) is 30.7 Å². The van der Waals surface area contributed by atoms with Crippen molar-refractivity contribution in [2.24, 2.45) is 0 Å². The number of carbonyl (C=O) groups is 2. The maximum Gasteiger partial charge on any atom is 0.494 e. The molecule has 1 aliphatic carbocycles. The van der Waals surface area contributed by atoms with Crippen molar-refractivity contribution in [1.82, 2.24) is 9.80 Å². The van der Waals surface area contributed by atoms with Crippen molar-refractivity contribution in [3.05, 3.63) is 36.2 Å². The van der Waals surface area contributed by atoms with Crippen LogP contribution in [0.2, 0.25) is 0 Å². The number of rotatable bonds is 6. The lowest BCUT2D eigenvalue weighted by Crippen LogP contribution is -2.58. The summed E-state index contributed by atoms with van der Waals surface area (Å²) >= 11 is 0. The van der Waals surface area contributed by atoms with Crippen molar-refractivity contribution in [3.8, 4) is 0 Å². The summed E-state index contributed by atoms with van der Waals surface area (Å²) in [6.45, 7) is 14.8. The van der Waals surface area contributed by atoms with Crippen LogP contribution >= 0.6 is 0 Å². The zero-order valence-electron chi connectivity index (χ0n) is 25.2. The van der Waals surface area contributed by atoms with Gasteiger partial charge in [0.15, 0.2) is 0 Å². The average Bonchev–Trinajstić information content (AvgIpc) is 3.28. The lowest BCUT2D eigenvalue weighted by atomic mass is 9.71. The van der Waals surface area contributed by atoms with Crippen LogP contribution < -0.4 is 10.4 Å². The predicted molar refractivity (Wildman–Crippen MR) is 159 cm³/mol. The van der Waals surface area contributed by atoms with E-state index in [2.05, 4.69) is 62.3 Å². The Morgan fingerprint density at radius 3 is 2.22 bits per heavy atom. The molecule has 222 valence electrons. The number of fused-ring (bicyclic) bond motifs is 2. The molecule has 0 bridgehead atoms. The summed E-state index contributed by atoms with van der Waals surface area (Å²) in [6.07, 6.45) is 7.18. The summed E-state index contributed by atoms with van der Waals surface area (Å²) in [6, 6.07) is 7.02. The first-order valence-corrected chi connectivity index (χ1v) is 15.6. The second kappa shape index (κ2) is 10.5. The first-order valence-electron chi connectivity index (χ1n) is 15.6. The smallest absolute Gasteiger partial charge is 0.399 e. The molecule has 3 saturated heterocycles. The molecule has 1 spiro atoms. The molecule has 0 aromatic heterocycles. The maximum atomic E-state index is 14.5. The normalized spacial score (nSPS) is 28.6. The van der Waals surface area contributed by atoms with Gasteiger partial charge in [0.1, 0.15) is 0 Å². The van der Waals surface area contributed by atoms with Crippen LogP contribution in [0.3, 0.4) is 0 Å². The molecule has 41 heavy (non-hydrogen) atoms. The molecule has 1 aromatic rings. The largest absolute Gasteiger partial charge is 0.494 e. The molecular formula is C32H45BFN3O4. The van der Waals surface area contributed by atoms with Gasteiger partial charge in [0, 0.05) is 43.7 Å². The Morgan fingerprint density at radius 1 is 0.976 bits per heavy atom. The van der Waals surface area contributed by atoms with E-state index < -0.39 is 29.6 Å². The summed E-state index contributed by atoms with van der Waals surface area (Å²) < 4.78 is 25.9. The van der Waals surface area contributed by atoms with Crippen molar-refractivity contribution < 1.29 is 23.3 Å². The van der Waals surface area contributed by atoms with Crippen LogP contribution in [0.4, 0.5) is 10.1 Å². The minimum absolute atomic E-state index is 0.0532. The molecule has 1 aromatic carbocycles. The van der Waals surface area contributed by atoms with Crippen LogP contribution in [0, 0.1) is 0 Å². The van der Waals surface area contributed by atoms with Crippen LogP contribution in [-0.2, 0) is 24.3 Å². The predicted octanol–water partition coefficient (Wildman–Crippen LogP) is 4.47. The number of carbonyl (C=O) groups excluding carboxylic acids is 2. The summed E-state index contributed by atoms with van der Waals surface area (Å²) in [5.74, 6) is -0.367. The SMILES string of the molecule is C=C(F)CCC(=O)N1CCC2(CC1)C(=O)N([C@H]1C[C@@H](N3CCCCC3)C1)c1cc(B3OC(C)(C)C(C)(C)O3)ccc12. The number of nitrogens with zero attached hydrogens (tertiary/aromatic N) is 3. The molecule has 4 aliphatic heterocycles. The Morgan fingerprint density at radius 2 is 1.61 bits per heavy atom. The second-order valence-corrected chi connectivity index (χ2v) is 13.9. The molecule has 7 nitrogen and oxygen atoms in total. The summed E-state index contributed by atoms with van der Waals surface area (Å²) in [7, 11) is -0.494. The Balaban J connectivity index is 1.26. The number of hydrogen-bond acceptors (Lipinski definition) is 5. The number of amides is 2. The first kappa shape index (κ1) is 28.9. The van der Waals surface area contributed by atoms with Gasteiger partial charge in [-0.3, -0.25) is 9.59 Å². The Bertz CT molecular complexity index is 1200.